The fourth-order valence-electron chi connectivity index (χ4n) is 6.47. The lowest BCUT2D eigenvalue weighted by Gasteiger charge is -2.36. The van der Waals surface area contributed by atoms with Crippen molar-refractivity contribution in [3.8, 4) is 11.6 Å². The lowest BCUT2D eigenvalue weighted by Crippen LogP contribution is -2.60. The first-order valence-corrected chi connectivity index (χ1v) is 18.6. The smallest absolute Gasteiger partial charge is 0.408 e. The Morgan fingerprint density at radius 2 is 1.72 bits per heavy atom. The molecule has 274 valence electrons. The Bertz CT molecular complexity index is 1770. The number of nitrogens with one attached hydrogen (secondary N) is 3. The van der Waals surface area contributed by atoms with Crippen LogP contribution < -0.4 is 24.8 Å². The van der Waals surface area contributed by atoms with Crippen LogP contribution in [0.25, 0.3) is 10.8 Å². The molecule has 2 aliphatic carbocycles. The second kappa shape index (κ2) is 13.5. The highest BCUT2D eigenvalue weighted by molar-refractivity contribution is 7.91. The minimum atomic E-state index is -3.86. The highest BCUT2D eigenvalue weighted by Gasteiger charge is 2.62. The molecule has 1 aliphatic heterocycles. The van der Waals surface area contributed by atoms with Gasteiger partial charge in [0.1, 0.15) is 35.1 Å². The van der Waals surface area contributed by atoms with Crippen LogP contribution in [-0.4, -0.2) is 90.3 Å². The van der Waals surface area contributed by atoms with Gasteiger partial charge in [0, 0.05) is 17.2 Å². The molecule has 1 aromatic carbocycles. The van der Waals surface area contributed by atoms with Gasteiger partial charge in [-0.2, -0.15) is 0 Å². The predicted octanol–water partition coefficient (Wildman–Crippen LogP) is 3.42. The monoisotopic (exact) mass is 715 g/mol. The Hall–Kier alpha value is -4.14. The summed E-state index contributed by atoms with van der Waals surface area (Å²) in [6, 6.07) is 5.17. The van der Waals surface area contributed by atoms with Gasteiger partial charge in [0.15, 0.2) is 0 Å². The number of fused-ring (bicyclic) bond motifs is 1. The Balaban J connectivity index is 1.45. The average molecular weight is 716 g/mol. The molecule has 5 atom stereocenters. The Morgan fingerprint density at radius 3 is 2.28 bits per heavy atom. The molecule has 3 N–H and O–H groups in total. The molecule has 1 aromatic heterocycles. The Labute approximate surface area is 293 Å². The van der Waals surface area contributed by atoms with Crippen LogP contribution >= 0.6 is 0 Å². The van der Waals surface area contributed by atoms with Crippen molar-refractivity contribution in [3.63, 3.8) is 0 Å². The molecule has 0 spiro atoms. The lowest BCUT2D eigenvalue weighted by molar-refractivity contribution is -0.143. The number of alkyl carbamates (subject to hydrolysis) is 1. The van der Waals surface area contributed by atoms with Gasteiger partial charge in [0.05, 0.1) is 25.1 Å². The third-order valence-electron chi connectivity index (χ3n) is 9.39. The van der Waals surface area contributed by atoms with E-state index in [-0.39, 0.29) is 31.2 Å². The van der Waals surface area contributed by atoms with E-state index in [4.69, 9.17) is 14.2 Å². The molecule has 0 bridgehead atoms. The molecule has 2 aromatic rings. The predicted molar refractivity (Wildman–Crippen MR) is 185 cm³/mol. The number of nitrogens with zero attached hydrogens (tertiary/aromatic N) is 2. The fraction of sp³-hybridized carbons (Fsp3) is 0.629. The second-order valence-corrected chi connectivity index (χ2v) is 17.5. The standard InChI is InChI=1S/C35H49N5O9S/c1-9-20-17-35(20,31(43)39-50(45,46)22-14-15-22)38-28(41)25-16-21(48-29-24-13-11-10-12-23(24)26(47-8)18-36-29)19-40(25)30(42)27(33(2,3)4)37-32(44)49-34(5,6)7/h10-13,18,20-22,25,27H,9,14-17,19H2,1-8H3,(H,37,44)(H,38,41)(H,39,43)/t20-,21-,25+,27-,35-/m1/s1. The minimum Gasteiger partial charge on any atom is -0.494 e. The van der Waals surface area contributed by atoms with Crippen LogP contribution in [-0.2, 0) is 29.1 Å². The van der Waals surface area contributed by atoms with Crippen LogP contribution in [0.5, 0.6) is 11.6 Å². The van der Waals surface area contributed by atoms with Crippen molar-refractivity contribution in [1.29, 1.82) is 0 Å². The number of carbonyl (C=O) groups is 4. The van der Waals surface area contributed by atoms with Crippen LogP contribution in [0.1, 0.15) is 80.6 Å². The number of methoxy groups -OCH3 is 1. The summed E-state index contributed by atoms with van der Waals surface area (Å²) in [4.78, 5) is 60.9. The van der Waals surface area contributed by atoms with Gasteiger partial charge >= 0.3 is 6.09 Å². The molecule has 4 amide bonds. The molecule has 1 saturated heterocycles. The van der Waals surface area contributed by atoms with Crippen LogP contribution in [0, 0.1) is 11.3 Å². The summed E-state index contributed by atoms with van der Waals surface area (Å²) >= 11 is 0. The summed E-state index contributed by atoms with van der Waals surface area (Å²) in [6.45, 7) is 12.3. The van der Waals surface area contributed by atoms with Crippen LogP contribution in [0.3, 0.4) is 0 Å². The summed E-state index contributed by atoms with van der Waals surface area (Å²) in [5.74, 6) is -1.40. The first-order chi connectivity index (χ1) is 23.3. The quantitative estimate of drug-likeness (QED) is 0.312. The van der Waals surface area contributed by atoms with Crippen molar-refractivity contribution in [2.45, 2.75) is 115 Å². The third kappa shape index (κ3) is 7.92. The fourth-order valence-corrected chi connectivity index (χ4v) is 7.83. The molecule has 3 fully saturated rings. The largest absolute Gasteiger partial charge is 0.494 e. The van der Waals surface area contributed by atoms with Gasteiger partial charge in [-0.25, -0.2) is 18.2 Å². The third-order valence-corrected chi connectivity index (χ3v) is 11.2. The number of rotatable bonds is 11. The number of carbonyl (C=O) groups excluding carboxylic acids is 4. The van der Waals surface area contributed by atoms with Crippen LogP contribution in [0.2, 0.25) is 0 Å². The van der Waals surface area contributed by atoms with Crippen LogP contribution in [0.15, 0.2) is 30.5 Å². The maximum absolute atomic E-state index is 14.4. The van der Waals surface area contributed by atoms with Crippen molar-refractivity contribution in [2.75, 3.05) is 13.7 Å². The minimum absolute atomic E-state index is 0.0337. The molecular formula is C35H49N5O9S. The summed E-state index contributed by atoms with van der Waals surface area (Å²) < 4.78 is 44.9. The van der Waals surface area contributed by atoms with Gasteiger partial charge in [-0.1, -0.05) is 52.3 Å². The van der Waals surface area contributed by atoms with E-state index in [0.29, 0.717) is 30.4 Å². The molecule has 0 unspecified atom stereocenters. The summed E-state index contributed by atoms with van der Waals surface area (Å²) in [6.07, 6.45) is 1.82. The number of amides is 4. The van der Waals surface area contributed by atoms with E-state index in [1.165, 1.54) is 11.1 Å². The van der Waals surface area contributed by atoms with E-state index in [1.54, 1.807) is 48.7 Å². The number of likely N-dealkylation sites (tertiary alicyclic amines) is 1. The van der Waals surface area contributed by atoms with E-state index >= 15 is 0 Å². The van der Waals surface area contributed by atoms with Crippen molar-refractivity contribution < 1.29 is 41.8 Å². The zero-order valence-corrected chi connectivity index (χ0v) is 30.8. The normalized spacial score (nSPS) is 24.2. The summed E-state index contributed by atoms with van der Waals surface area (Å²) in [5, 5.41) is 6.38. The molecule has 2 heterocycles. The first-order valence-electron chi connectivity index (χ1n) is 17.1. The molecule has 50 heavy (non-hydrogen) atoms. The first kappa shape index (κ1) is 37.1. The highest BCUT2D eigenvalue weighted by atomic mass is 32.2. The van der Waals surface area contributed by atoms with E-state index in [9.17, 15) is 27.6 Å². The highest BCUT2D eigenvalue weighted by Crippen LogP contribution is 2.47. The SMILES string of the molecule is CC[C@@H]1C[C@]1(NC(=O)[C@@H]1C[C@@H](Oc2ncc(OC)c3ccccc23)CN1C(=O)[C@@H](NC(=O)OC(C)(C)C)C(C)(C)C)C(=O)NS(=O)(=O)C1CC1. The summed E-state index contributed by atoms with van der Waals surface area (Å²) in [5.41, 5.74) is -3.06. The number of pyridine rings is 1. The van der Waals surface area contributed by atoms with Gasteiger partial charge in [0.2, 0.25) is 27.7 Å². The molecule has 2 saturated carbocycles. The number of hydrogen-bond donors (Lipinski definition) is 3. The molecule has 0 radical (unpaired) electrons. The van der Waals surface area contributed by atoms with E-state index in [0.717, 1.165) is 5.39 Å². The molecular weight excluding hydrogens is 666 g/mol. The zero-order valence-electron chi connectivity index (χ0n) is 30.0. The maximum Gasteiger partial charge on any atom is 0.408 e. The number of aromatic nitrogens is 1. The van der Waals surface area contributed by atoms with Crippen molar-refractivity contribution in [1.82, 2.24) is 25.2 Å². The number of benzene rings is 1. The Kier molecular flexibility index (Phi) is 10.0. The van der Waals surface area contributed by atoms with E-state index < -0.39 is 73.8 Å². The lowest BCUT2D eigenvalue weighted by atomic mass is 9.85. The molecule has 15 heteroatoms. The molecule has 3 aliphatic rings. The average Bonchev–Trinajstić information content (AvgIpc) is 3.95. The zero-order chi connectivity index (χ0) is 36.8. The van der Waals surface area contributed by atoms with Crippen molar-refractivity contribution in [3.05, 3.63) is 30.5 Å². The number of hydrogen-bond acceptors (Lipinski definition) is 10. The Morgan fingerprint density at radius 1 is 1.06 bits per heavy atom. The van der Waals surface area contributed by atoms with Gasteiger partial charge in [-0.05, 0) is 57.4 Å². The van der Waals surface area contributed by atoms with Gasteiger partial charge in [-0.15, -0.1) is 0 Å². The van der Waals surface area contributed by atoms with E-state index in [2.05, 4.69) is 20.3 Å². The van der Waals surface area contributed by atoms with Crippen molar-refractivity contribution >= 4 is 44.6 Å². The number of sulfonamides is 1. The summed E-state index contributed by atoms with van der Waals surface area (Å²) in [7, 11) is -2.32. The van der Waals surface area contributed by atoms with Crippen LogP contribution in [0.4, 0.5) is 4.79 Å². The topological polar surface area (TPSA) is 182 Å². The number of ether oxygens (including phenoxy) is 3. The van der Waals surface area contributed by atoms with Gasteiger partial charge in [-0.3, -0.25) is 19.1 Å². The second-order valence-electron chi connectivity index (χ2n) is 15.5. The van der Waals surface area contributed by atoms with E-state index in [1.807, 2.05) is 31.2 Å². The molecule has 14 nitrogen and oxygen atoms in total. The maximum atomic E-state index is 14.4. The van der Waals surface area contributed by atoms with Gasteiger partial charge < -0.3 is 29.7 Å². The molecule has 5 rings (SSSR count). The van der Waals surface area contributed by atoms with Gasteiger partial charge in [0.25, 0.3) is 5.91 Å². The van der Waals surface area contributed by atoms with Crippen molar-refractivity contribution in [2.24, 2.45) is 11.3 Å².